The molecule has 0 aliphatic carbocycles. The maximum Gasteiger partial charge on any atom is 0.412 e. The first-order valence-electron chi connectivity index (χ1n) is 17.9. The minimum absolute atomic E-state index is 0.0109. The molecule has 15 heteroatoms. The fraction of sp³-hybridized carbons (Fsp3) is 0.325. The number of nitrogens with zero attached hydrogens (tertiary/aromatic N) is 3. The molecule has 1 unspecified atom stereocenters. The van der Waals surface area contributed by atoms with Crippen LogP contribution in [-0.4, -0.2) is 75.6 Å². The topological polar surface area (TPSA) is 169 Å². The van der Waals surface area contributed by atoms with Crippen molar-refractivity contribution in [2.24, 2.45) is 0 Å². The number of Topliss-reactive ketones (excluding diaryl/α,β-unsaturated/α-hetero) is 1. The number of ether oxygens (including phenoxy) is 1. The summed E-state index contributed by atoms with van der Waals surface area (Å²) >= 11 is 0. The number of hydrogen-bond donors (Lipinski definition) is 3. The third-order valence-electron chi connectivity index (χ3n) is 8.96. The molecule has 0 saturated carbocycles. The first-order chi connectivity index (χ1) is 26.4. The predicted octanol–water partition coefficient (Wildman–Crippen LogP) is 4.42. The molecule has 0 bridgehead atoms. The molecule has 1 aliphatic rings. The highest BCUT2D eigenvalue weighted by molar-refractivity contribution is 6.11. The molecule has 1 aromatic heterocycles. The summed E-state index contributed by atoms with van der Waals surface area (Å²) in [4.78, 5) is 84.8. The fourth-order valence-corrected chi connectivity index (χ4v) is 6.08. The lowest BCUT2D eigenvalue weighted by Crippen LogP contribution is -2.56. The number of ketones is 1. The van der Waals surface area contributed by atoms with Crippen LogP contribution in [0.3, 0.4) is 0 Å². The molecule has 1 fully saturated rings. The zero-order chi connectivity index (χ0) is 39.4. The average Bonchev–Trinajstić information content (AvgIpc) is 3.48. The fourth-order valence-electron chi connectivity index (χ4n) is 6.08. The molecule has 1 aliphatic heterocycles. The van der Waals surface area contributed by atoms with Crippen LogP contribution in [0, 0.1) is 6.92 Å². The maximum absolute atomic E-state index is 15.6. The number of carbonyl (C=O) groups is 5. The van der Waals surface area contributed by atoms with Gasteiger partial charge >= 0.3 is 12.0 Å². The minimum Gasteiger partial charge on any atom is -0.444 e. The first-order valence-corrected chi connectivity index (χ1v) is 17.9. The number of benzene rings is 3. The Labute approximate surface area is 316 Å². The SMILES string of the molecule is Cc1cccc(-c2ncc(NC(=O)OCc3ccccc3)c(=O)n2CC(=O)NC(Cc2ccccc2)C(=O)C(F)(F)C(=O)NCC(=O)N2CCCCCC2)c1. The van der Waals surface area contributed by atoms with E-state index in [1.807, 2.05) is 5.32 Å². The standard InChI is InChI=1S/C40H42F2N6O7/c1-27-13-12-18-30(21-27)36-43-23-32(46-39(54)55-26-29-16-8-5-9-17-29)37(52)48(36)25-33(49)45-31(22-28-14-6-4-7-15-28)35(51)40(41,42)38(53)44-24-34(50)47-19-10-2-3-11-20-47/h4-9,12-18,21,23,31H,2-3,10-11,19-20,22,24-26H2,1H3,(H,44,53)(H,45,49)(H,46,54). The van der Waals surface area contributed by atoms with Crippen LogP contribution in [-0.2, 0) is 43.5 Å². The van der Waals surface area contributed by atoms with E-state index >= 15 is 8.78 Å². The zero-order valence-corrected chi connectivity index (χ0v) is 30.3. The van der Waals surface area contributed by atoms with Crippen molar-refractivity contribution in [1.82, 2.24) is 25.1 Å². The molecule has 1 atom stereocenters. The van der Waals surface area contributed by atoms with Crippen molar-refractivity contribution in [3.63, 3.8) is 0 Å². The van der Waals surface area contributed by atoms with Gasteiger partial charge in [-0.3, -0.25) is 33.9 Å². The van der Waals surface area contributed by atoms with E-state index in [4.69, 9.17) is 4.74 Å². The molecular weight excluding hydrogens is 714 g/mol. The molecule has 0 spiro atoms. The van der Waals surface area contributed by atoms with E-state index in [1.165, 1.54) is 4.90 Å². The van der Waals surface area contributed by atoms with Gasteiger partial charge in [0.05, 0.1) is 18.8 Å². The van der Waals surface area contributed by atoms with Crippen molar-refractivity contribution in [2.45, 2.75) is 64.1 Å². The van der Waals surface area contributed by atoms with Gasteiger partial charge in [0.2, 0.25) is 17.6 Å². The van der Waals surface area contributed by atoms with Crippen LogP contribution < -0.4 is 21.5 Å². The Morgan fingerprint density at radius 2 is 1.53 bits per heavy atom. The summed E-state index contributed by atoms with van der Waals surface area (Å²) in [5.41, 5.74) is 1.12. The van der Waals surface area contributed by atoms with E-state index in [2.05, 4.69) is 15.6 Å². The quantitative estimate of drug-likeness (QED) is 0.159. The smallest absolute Gasteiger partial charge is 0.412 e. The second-order valence-electron chi connectivity index (χ2n) is 13.2. The molecule has 2 heterocycles. The summed E-state index contributed by atoms with van der Waals surface area (Å²) in [5.74, 6) is -10.1. The van der Waals surface area contributed by atoms with E-state index in [-0.39, 0.29) is 18.1 Å². The second-order valence-corrected chi connectivity index (χ2v) is 13.2. The molecular formula is C40H42F2N6O7. The lowest BCUT2D eigenvalue weighted by atomic mass is 9.98. The highest BCUT2D eigenvalue weighted by Gasteiger charge is 2.50. The monoisotopic (exact) mass is 756 g/mol. The molecule has 4 amide bonds. The van der Waals surface area contributed by atoms with Crippen LogP contribution in [0.4, 0.5) is 19.3 Å². The second kappa shape index (κ2) is 18.7. The molecule has 3 N–H and O–H groups in total. The van der Waals surface area contributed by atoms with Gasteiger partial charge in [0, 0.05) is 25.1 Å². The van der Waals surface area contributed by atoms with Gasteiger partial charge in [-0.25, -0.2) is 9.78 Å². The lowest BCUT2D eigenvalue weighted by Gasteiger charge is -2.24. The van der Waals surface area contributed by atoms with Gasteiger partial charge in [-0.2, -0.15) is 8.78 Å². The average molecular weight is 757 g/mol. The number of nitrogens with one attached hydrogen (secondary N) is 3. The van der Waals surface area contributed by atoms with Gasteiger partial charge in [-0.05, 0) is 37.0 Å². The number of aromatic nitrogens is 2. The van der Waals surface area contributed by atoms with E-state index in [0.29, 0.717) is 29.8 Å². The van der Waals surface area contributed by atoms with Crippen molar-refractivity contribution in [1.29, 1.82) is 0 Å². The molecule has 0 radical (unpaired) electrons. The Morgan fingerprint density at radius 3 is 2.18 bits per heavy atom. The van der Waals surface area contributed by atoms with Crippen LogP contribution >= 0.6 is 0 Å². The Hall–Kier alpha value is -6.25. The maximum atomic E-state index is 15.6. The molecule has 288 valence electrons. The van der Waals surface area contributed by atoms with Crippen molar-refractivity contribution in [2.75, 3.05) is 25.0 Å². The molecule has 1 saturated heterocycles. The lowest BCUT2D eigenvalue weighted by molar-refractivity contribution is -0.161. The van der Waals surface area contributed by atoms with E-state index < -0.39 is 66.6 Å². The molecule has 3 aromatic carbocycles. The third-order valence-corrected chi connectivity index (χ3v) is 8.96. The van der Waals surface area contributed by atoms with Crippen molar-refractivity contribution >= 4 is 35.3 Å². The van der Waals surface area contributed by atoms with Crippen molar-refractivity contribution in [3.05, 3.63) is 118 Å². The summed E-state index contributed by atoms with van der Waals surface area (Å²) in [7, 11) is 0. The number of likely N-dealkylation sites (tertiary alicyclic amines) is 1. The number of amides is 4. The number of hydrogen-bond acceptors (Lipinski definition) is 8. The van der Waals surface area contributed by atoms with Gasteiger partial charge in [0.25, 0.3) is 11.5 Å². The first kappa shape index (κ1) is 39.9. The largest absolute Gasteiger partial charge is 0.444 e. The van der Waals surface area contributed by atoms with E-state index in [0.717, 1.165) is 42.0 Å². The number of aryl methyl sites for hydroxylation is 1. The number of alkyl halides is 2. The Kier molecular flexibility index (Phi) is 13.6. The summed E-state index contributed by atoms with van der Waals surface area (Å²) in [6.07, 6.45) is 3.09. The van der Waals surface area contributed by atoms with Gasteiger partial charge in [0.15, 0.2) is 0 Å². The third kappa shape index (κ3) is 10.9. The minimum atomic E-state index is -4.64. The van der Waals surface area contributed by atoms with Crippen LogP contribution in [0.25, 0.3) is 11.4 Å². The number of halogens is 2. The summed E-state index contributed by atoms with van der Waals surface area (Å²) in [5, 5.41) is 6.53. The number of rotatable bonds is 14. The normalized spacial score (nSPS) is 13.5. The highest BCUT2D eigenvalue weighted by Crippen LogP contribution is 2.21. The predicted molar refractivity (Wildman–Crippen MR) is 199 cm³/mol. The van der Waals surface area contributed by atoms with Gasteiger partial charge in [0.1, 0.15) is 24.7 Å². The van der Waals surface area contributed by atoms with E-state index in [9.17, 15) is 28.8 Å². The molecule has 13 nitrogen and oxygen atoms in total. The number of anilines is 1. The van der Waals surface area contributed by atoms with Gasteiger partial charge < -0.3 is 20.3 Å². The van der Waals surface area contributed by atoms with Gasteiger partial charge in [-0.1, -0.05) is 97.3 Å². The Morgan fingerprint density at radius 1 is 0.873 bits per heavy atom. The molecule has 5 rings (SSSR count). The number of carbonyl (C=O) groups excluding carboxylic acids is 5. The van der Waals surface area contributed by atoms with Gasteiger partial charge in [-0.15, -0.1) is 0 Å². The van der Waals surface area contributed by atoms with Crippen molar-refractivity contribution in [3.8, 4) is 11.4 Å². The molecule has 55 heavy (non-hydrogen) atoms. The van der Waals surface area contributed by atoms with Crippen LogP contribution in [0.1, 0.15) is 42.4 Å². The van der Waals surface area contributed by atoms with Crippen LogP contribution in [0.2, 0.25) is 0 Å². The summed E-state index contributed by atoms with van der Waals surface area (Å²) < 4.78 is 37.3. The van der Waals surface area contributed by atoms with Crippen LogP contribution in [0.5, 0.6) is 0 Å². The highest BCUT2D eigenvalue weighted by atomic mass is 19.3. The van der Waals surface area contributed by atoms with Crippen LogP contribution in [0.15, 0.2) is 95.9 Å². The summed E-state index contributed by atoms with van der Waals surface area (Å²) in [6.45, 7) is 1.06. The van der Waals surface area contributed by atoms with Crippen molar-refractivity contribution < 1.29 is 37.5 Å². The Bertz CT molecular complexity index is 2050. The van der Waals surface area contributed by atoms with E-state index in [1.54, 1.807) is 91.9 Å². The summed E-state index contributed by atoms with van der Waals surface area (Å²) in [6, 6.07) is 21.8. The Balaban J connectivity index is 1.36. The zero-order valence-electron chi connectivity index (χ0n) is 30.3. The molecule has 4 aromatic rings.